The second-order valence-electron chi connectivity index (χ2n) is 0.280. The molecule has 0 aromatic heterocycles. The van der Waals surface area contributed by atoms with E-state index in [4.69, 9.17) is 5.26 Å². The molecule has 0 aliphatic carbocycles. The first-order valence-corrected chi connectivity index (χ1v) is 0.810. The highest BCUT2D eigenvalue weighted by atomic mass is 19.1. The molecule has 0 saturated carbocycles. The van der Waals surface area contributed by atoms with Crippen LogP contribution in [0.3, 0.4) is 0 Å². The molecule has 0 aliphatic rings. The van der Waals surface area contributed by atoms with Crippen LogP contribution in [-0.4, -0.2) is 0 Å². The predicted octanol–water partition coefficient (Wildman–Crippen LogP) is -0.834. The number of rotatable bonds is 0. The monoisotopic (exact) mass is 75.0 g/mol. The van der Waals surface area contributed by atoms with Crippen LogP contribution in [0.5, 0.6) is 0 Å². The molecule has 0 saturated heterocycles. The Bertz CT molecular complexity index is 59.8. The molecular formula is C2FO2-. The van der Waals surface area contributed by atoms with Crippen LogP contribution in [0, 0.1) is 12.3 Å². The van der Waals surface area contributed by atoms with Crippen LogP contribution < -0.4 is 5.26 Å². The number of hydrogen-bond acceptors (Lipinski definition) is 2. The first-order chi connectivity index (χ1) is 2.41. The fourth-order valence-electron chi connectivity index (χ4n) is 0.0157. The van der Waals surface area contributed by atoms with Crippen molar-refractivity contribution in [1.82, 2.24) is 0 Å². The van der Waals surface area contributed by atoms with Gasteiger partial charge in [0.1, 0.15) is 12.3 Å². The zero-order valence-electron chi connectivity index (χ0n) is 2.19. The molecule has 0 aromatic rings. The van der Waals surface area contributed by atoms with Gasteiger partial charge in [-0.1, -0.05) is 0 Å². The van der Waals surface area contributed by atoms with Crippen LogP contribution in [0.25, 0.3) is 0 Å². The van der Waals surface area contributed by atoms with Crippen LogP contribution in [0.4, 0.5) is 4.39 Å². The molecule has 0 N–H and O–H groups in total. The van der Waals surface area contributed by atoms with Gasteiger partial charge in [-0.2, -0.15) is 0 Å². The summed E-state index contributed by atoms with van der Waals surface area (Å²) in [5.74, 6) is 0. The molecule has 0 amide bonds. The molecule has 0 aromatic carbocycles. The molecule has 0 unspecified atom stereocenters. The van der Waals surface area contributed by atoms with E-state index >= 15 is 0 Å². The minimum atomic E-state index is 0.733. The Labute approximate surface area is 28.1 Å². The van der Waals surface area contributed by atoms with Crippen molar-refractivity contribution in [3.63, 3.8) is 0 Å². The quantitative estimate of drug-likeness (QED) is 0.214. The fourth-order valence-corrected chi connectivity index (χ4v) is 0.0157. The molecule has 0 bridgehead atoms. The first kappa shape index (κ1) is 4.25. The van der Waals surface area contributed by atoms with Crippen LogP contribution >= 0.6 is 0 Å². The second-order valence-corrected chi connectivity index (χ2v) is 0.280. The topological polar surface area (TPSA) is 32.3 Å². The number of halogens is 1. The Morgan fingerprint density at radius 2 is 2.40 bits per heavy atom. The molecule has 0 fully saturated rings. The Kier molecular flexibility index (Phi) is 2.76. The van der Waals surface area contributed by atoms with Crippen molar-refractivity contribution >= 4 is 0 Å². The normalized spacial score (nSPS) is 4.40. The van der Waals surface area contributed by atoms with Crippen molar-refractivity contribution in [2.75, 3.05) is 0 Å². The highest BCUT2D eigenvalue weighted by Gasteiger charge is 1.40. The van der Waals surface area contributed by atoms with Crippen LogP contribution in [-0.2, 0) is 4.89 Å². The molecule has 5 heavy (non-hydrogen) atoms. The molecule has 0 rings (SSSR count). The predicted molar refractivity (Wildman–Crippen MR) is 9.97 cm³/mol. The molecule has 0 atom stereocenters. The summed E-state index contributed by atoms with van der Waals surface area (Å²) in [5.41, 5.74) is 0. The van der Waals surface area contributed by atoms with Crippen molar-refractivity contribution in [1.29, 1.82) is 0 Å². The average Bonchev–Trinajstić information content (AvgIpc) is 1.41. The van der Waals surface area contributed by atoms with Crippen molar-refractivity contribution in [2.45, 2.75) is 0 Å². The van der Waals surface area contributed by atoms with Crippen LogP contribution in [0.1, 0.15) is 0 Å². The van der Waals surface area contributed by atoms with E-state index in [9.17, 15) is 4.39 Å². The SMILES string of the molecule is [O-]OC#CF. The molecule has 0 aliphatic heterocycles. The van der Waals surface area contributed by atoms with Gasteiger partial charge in [-0.25, -0.2) is 0 Å². The van der Waals surface area contributed by atoms with Gasteiger partial charge in [0.15, 0.2) is 0 Å². The summed E-state index contributed by atoms with van der Waals surface area (Å²) in [5, 5.41) is 8.62. The molecule has 2 nitrogen and oxygen atoms in total. The smallest absolute Gasteiger partial charge is 0.149 e. The largest absolute Gasteiger partial charge is 0.653 e. The van der Waals surface area contributed by atoms with Crippen molar-refractivity contribution in [3.8, 4) is 12.3 Å². The maximum absolute atomic E-state index is 10.3. The molecule has 28 valence electrons. The zero-order valence-corrected chi connectivity index (χ0v) is 2.19. The maximum atomic E-state index is 10.3. The maximum Gasteiger partial charge on any atom is 0.149 e. The Morgan fingerprint density at radius 3 is 2.40 bits per heavy atom. The minimum Gasteiger partial charge on any atom is -0.653 e. The van der Waals surface area contributed by atoms with E-state index < -0.39 is 0 Å². The Hall–Kier alpha value is -0.750. The van der Waals surface area contributed by atoms with E-state index in [2.05, 4.69) is 4.89 Å². The van der Waals surface area contributed by atoms with E-state index in [1.165, 1.54) is 0 Å². The van der Waals surface area contributed by atoms with Gasteiger partial charge < -0.3 is 10.1 Å². The third-order valence-electron chi connectivity index (χ3n) is 0.0802. The Balaban J connectivity index is 2.81. The molecular weight excluding hydrogens is 75.0 g/mol. The van der Waals surface area contributed by atoms with Gasteiger partial charge in [0.05, 0.1) is 0 Å². The van der Waals surface area contributed by atoms with Crippen molar-refractivity contribution < 1.29 is 14.5 Å². The fraction of sp³-hybridized carbons (Fsp3) is 0. The number of hydrogen-bond donors (Lipinski definition) is 0. The standard InChI is InChI=1S/C2HFO2/c3-1-2-5-4/h4H/p-1. The van der Waals surface area contributed by atoms with E-state index in [1.807, 2.05) is 0 Å². The van der Waals surface area contributed by atoms with E-state index in [0.29, 0.717) is 0 Å². The highest BCUT2D eigenvalue weighted by molar-refractivity contribution is 4.75. The lowest BCUT2D eigenvalue weighted by atomic mass is 11.3. The lowest BCUT2D eigenvalue weighted by Crippen LogP contribution is -1.95. The zero-order chi connectivity index (χ0) is 4.12. The van der Waals surface area contributed by atoms with Crippen LogP contribution in [0.2, 0.25) is 0 Å². The van der Waals surface area contributed by atoms with Gasteiger partial charge in [0, 0.05) is 0 Å². The van der Waals surface area contributed by atoms with Gasteiger partial charge >= 0.3 is 0 Å². The first-order valence-electron chi connectivity index (χ1n) is 0.810. The van der Waals surface area contributed by atoms with Gasteiger partial charge in [-0.3, -0.25) is 0 Å². The second kappa shape index (κ2) is 3.25. The van der Waals surface area contributed by atoms with Gasteiger partial charge in [-0.15, -0.1) is 4.39 Å². The summed E-state index contributed by atoms with van der Waals surface area (Å²) < 4.78 is 10.3. The van der Waals surface area contributed by atoms with Crippen molar-refractivity contribution in [2.24, 2.45) is 0 Å². The summed E-state index contributed by atoms with van der Waals surface area (Å²) in [4.78, 5) is 2.70. The minimum absolute atomic E-state index is 0.733. The van der Waals surface area contributed by atoms with Gasteiger partial charge in [0.2, 0.25) is 0 Å². The summed E-state index contributed by atoms with van der Waals surface area (Å²) in [6, 6.07) is 0. The van der Waals surface area contributed by atoms with Crippen molar-refractivity contribution in [3.05, 3.63) is 0 Å². The Morgan fingerprint density at radius 1 is 1.80 bits per heavy atom. The summed E-state index contributed by atoms with van der Waals surface area (Å²) in [6.07, 6.45) is 1.87. The molecule has 0 spiro atoms. The molecule has 0 radical (unpaired) electrons. The summed E-state index contributed by atoms with van der Waals surface area (Å²) in [7, 11) is 0. The lowest BCUT2D eigenvalue weighted by Gasteiger charge is -1.87. The molecule has 0 heterocycles. The van der Waals surface area contributed by atoms with E-state index in [0.717, 1.165) is 12.3 Å². The average molecular weight is 75.0 g/mol. The van der Waals surface area contributed by atoms with E-state index in [1.54, 1.807) is 0 Å². The lowest BCUT2D eigenvalue weighted by molar-refractivity contribution is -0.658. The van der Waals surface area contributed by atoms with Gasteiger partial charge in [-0.05, 0) is 0 Å². The van der Waals surface area contributed by atoms with Crippen LogP contribution in [0.15, 0.2) is 0 Å². The summed E-state index contributed by atoms with van der Waals surface area (Å²) >= 11 is 0. The molecule has 3 heteroatoms. The van der Waals surface area contributed by atoms with E-state index in [-0.39, 0.29) is 0 Å². The third-order valence-corrected chi connectivity index (χ3v) is 0.0802. The van der Waals surface area contributed by atoms with Gasteiger partial charge in [0.25, 0.3) is 0 Å². The third kappa shape index (κ3) is 3.25. The summed E-state index contributed by atoms with van der Waals surface area (Å²) in [6.45, 7) is 0. The highest BCUT2D eigenvalue weighted by Crippen LogP contribution is 1.48.